The van der Waals surface area contributed by atoms with Crippen LogP contribution in [0.25, 0.3) is 0 Å². The zero-order valence-electron chi connectivity index (χ0n) is 9.73. The molecule has 2 rings (SSSR count). The Bertz CT molecular complexity index is 408. The molecule has 1 aromatic rings. The molecule has 1 aromatic carbocycles. The number of benzene rings is 1. The van der Waals surface area contributed by atoms with Crippen LogP contribution in [0.5, 0.6) is 0 Å². The number of halogens is 1. The fourth-order valence-corrected chi connectivity index (χ4v) is 2.78. The Morgan fingerprint density at radius 1 is 1.53 bits per heavy atom. The van der Waals surface area contributed by atoms with Crippen molar-refractivity contribution in [3.63, 3.8) is 0 Å². The summed E-state index contributed by atoms with van der Waals surface area (Å²) >= 11 is 3.42. The number of amides is 1. The molecule has 1 atom stereocenters. The van der Waals surface area contributed by atoms with E-state index in [9.17, 15) is 4.79 Å². The van der Waals surface area contributed by atoms with Gasteiger partial charge in [0, 0.05) is 23.6 Å². The van der Waals surface area contributed by atoms with E-state index >= 15 is 0 Å². The van der Waals surface area contributed by atoms with Crippen molar-refractivity contribution >= 4 is 21.8 Å². The standard InChI is InChI=1S/C13H17BrN2O/c14-11-4-1-3-10(7-11)8-13(17)16-6-2-5-12(16)9-15/h1,3-4,7,12H,2,5-6,8-9,15H2/t12-/m0/s1. The number of rotatable bonds is 3. The summed E-state index contributed by atoms with van der Waals surface area (Å²) in [5.74, 6) is 0.191. The van der Waals surface area contributed by atoms with Gasteiger partial charge in [-0.15, -0.1) is 0 Å². The molecule has 1 amide bonds. The zero-order valence-corrected chi connectivity index (χ0v) is 11.3. The van der Waals surface area contributed by atoms with E-state index in [1.54, 1.807) is 0 Å². The van der Waals surface area contributed by atoms with E-state index in [1.165, 1.54) is 0 Å². The molecule has 1 aliphatic rings. The van der Waals surface area contributed by atoms with Crippen molar-refractivity contribution in [2.24, 2.45) is 5.73 Å². The van der Waals surface area contributed by atoms with Gasteiger partial charge in [0.1, 0.15) is 0 Å². The van der Waals surface area contributed by atoms with Crippen LogP contribution in [0.3, 0.4) is 0 Å². The summed E-state index contributed by atoms with van der Waals surface area (Å²) in [6.07, 6.45) is 2.59. The molecule has 0 aromatic heterocycles. The molecular weight excluding hydrogens is 280 g/mol. The minimum Gasteiger partial charge on any atom is -0.338 e. The normalized spacial score (nSPS) is 19.6. The lowest BCUT2D eigenvalue weighted by Gasteiger charge is -2.23. The highest BCUT2D eigenvalue weighted by Crippen LogP contribution is 2.18. The van der Waals surface area contributed by atoms with Gasteiger partial charge < -0.3 is 10.6 Å². The highest BCUT2D eigenvalue weighted by Gasteiger charge is 2.27. The van der Waals surface area contributed by atoms with Crippen LogP contribution in [0, 0.1) is 0 Å². The van der Waals surface area contributed by atoms with Crippen LogP contribution in [0.15, 0.2) is 28.7 Å². The second-order valence-electron chi connectivity index (χ2n) is 4.43. The predicted molar refractivity (Wildman–Crippen MR) is 71.6 cm³/mol. The maximum atomic E-state index is 12.2. The van der Waals surface area contributed by atoms with E-state index in [2.05, 4.69) is 15.9 Å². The fourth-order valence-electron chi connectivity index (χ4n) is 2.33. The summed E-state index contributed by atoms with van der Waals surface area (Å²) in [5, 5.41) is 0. The van der Waals surface area contributed by atoms with Crippen LogP contribution in [0.4, 0.5) is 0 Å². The average Bonchev–Trinajstić information content (AvgIpc) is 2.77. The van der Waals surface area contributed by atoms with E-state index in [1.807, 2.05) is 29.2 Å². The summed E-state index contributed by atoms with van der Waals surface area (Å²) in [5.41, 5.74) is 6.73. The van der Waals surface area contributed by atoms with Crippen molar-refractivity contribution in [3.05, 3.63) is 34.3 Å². The number of nitrogens with zero attached hydrogens (tertiary/aromatic N) is 1. The molecule has 1 fully saturated rings. The van der Waals surface area contributed by atoms with Crippen molar-refractivity contribution in [1.82, 2.24) is 4.90 Å². The molecule has 3 nitrogen and oxygen atoms in total. The molecule has 0 bridgehead atoms. The molecule has 1 heterocycles. The van der Waals surface area contributed by atoms with Gasteiger partial charge in [-0.05, 0) is 30.5 Å². The van der Waals surface area contributed by atoms with Gasteiger partial charge in [0.25, 0.3) is 0 Å². The Balaban J connectivity index is 2.01. The third-order valence-electron chi connectivity index (χ3n) is 3.21. The minimum atomic E-state index is 0.191. The van der Waals surface area contributed by atoms with E-state index < -0.39 is 0 Å². The summed E-state index contributed by atoms with van der Waals surface area (Å²) in [7, 11) is 0. The van der Waals surface area contributed by atoms with Crippen molar-refractivity contribution in [2.45, 2.75) is 25.3 Å². The van der Waals surface area contributed by atoms with Gasteiger partial charge in [-0.1, -0.05) is 28.1 Å². The first-order valence-corrected chi connectivity index (χ1v) is 6.74. The summed E-state index contributed by atoms with van der Waals surface area (Å²) < 4.78 is 1.01. The van der Waals surface area contributed by atoms with Crippen LogP contribution in [0.1, 0.15) is 18.4 Å². The van der Waals surface area contributed by atoms with Crippen LogP contribution in [-0.4, -0.2) is 29.9 Å². The third-order valence-corrected chi connectivity index (χ3v) is 3.71. The monoisotopic (exact) mass is 296 g/mol. The van der Waals surface area contributed by atoms with Crippen molar-refractivity contribution < 1.29 is 4.79 Å². The molecule has 2 N–H and O–H groups in total. The van der Waals surface area contributed by atoms with Gasteiger partial charge in [-0.3, -0.25) is 4.79 Å². The lowest BCUT2D eigenvalue weighted by Crippen LogP contribution is -2.40. The molecular formula is C13H17BrN2O. The number of hydrogen-bond donors (Lipinski definition) is 1. The topological polar surface area (TPSA) is 46.3 Å². The maximum absolute atomic E-state index is 12.2. The van der Waals surface area contributed by atoms with Crippen LogP contribution in [0.2, 0.25) is 0 Å². The van der Waals surface area contributed by atoms with Crippen LogP contribution < -0.4 is 5.73 Å². The Labute approximate surface area is 110 Å². The molecule has 17 heavy (non-hydrogen) atoms. The fraction of sp³-hybridized carbons (Fsp3) is 0.462. The molecule has 0 saturated carbocycles. The molecule has 1 aliphatic heterocycles. The van der Waals surface area contributed by atoms with Crippen LogP contribution >= 0.6 is 15.9 Å². The first-order valence-electron chi connectivity index (χ1n) is 5.94. The van der Waals surface area contributed by atoms with Gasteiger partial charge in [0.05, 0.1) is 6.42 Å². The molecule has 0 aliphatic carbocycles. The van der Waals surface area contributed by atoms with Gasteiger partial charge in [0.2, 0.25) is 5.91 Å². The molecule has 0 radical (unpaired) electrons. The number of carbonyl (C=O) groups excluding carboxylic acids is 1. The Morgan fingerprint density at radius 3 is 3.06 bits per heavy atom. The summed E-state index contributed by atoms with van der Waals surface area (Å²) in [6.45, 7) is 1.43. The Morgan fingerprint density at radius 2 is 2.35 bits per heavy atom. The SMILES string of the molecule is NC[C@@H]1CCCN1C(=O)Cc1cccc(Br)c1. The smallest absolute Gasteiger partial charge is 0.227 e. The summed E-state index contributed by atoms with van der Waals surface area (Å²) in [6, 6.07) is 8.14. The van der Waals surface area contributed by atoms with Crippen molar-refractivity contribution in [2.75, 3.05) is 13.1 Å². The van der Waals surface area contributed by atoms with Gasteiger partial charge in [-0.25, -0.2) is 0 Å². The van der Waals surface area contributed by atoms with Crippen molar-refractivity contribution in [3.8, 4) is 0 Å². The van der Waals surface area contributed by atoms with Gasteiger partial charge >= 0.3 is 0 Å². The van der Waals surface area contributed by atoms with E-state index in [4.69, 9.17) is 5.73 Å². The van der Waals surface area contributed by atoms with Crippen molar-refractivity contribution in [1.29, 1.82) is 0 Å². The molecule has 0 spiro atoms. The Hall–Kier alpha value is -0.870. The average molecular weight is 297 g/mol. The van der Waals surface area contributed by atoms with E-state index in [0.717, 1.165) is 29.4 Å². The molecule has 4 heteroatoms. The van der Waals surface area contributed by atoms with E-state index in [-0.39, 0.29) is 11.9 Å². The first-order chi connectivity index (χ1) is 8.20. The van der Waals surface area contributed by atoms with E-state index in [0.29, 0.717) is 13.0 Å². The largest absolute Gasteiger partial charge is 0.338 e. The molecule has 1 saturated heterocycles. The van der Waals surface area contributed by atoms with Gasteiger partial charge in [0.15, 0.2) is 0 Å². The highest BCUT2D eigenvalue weighted by atomic mass is 79.9. The first kappa shape index (κ1) is 12.6. The van der Waals surface area contributed by atoms with Gasteiger partial charge in [-0.2, -0.15) is 0 Å². The third kappa shape index (κ3) is 3.07. The quantitative estimate of drug-likeness (QED) is 0.927. The van der Waals surface area contributed by atoms with Crippen LogP contribution in [-0.2, 0) is 11.2 Å². The number of hydrogen-bond acceptors (Lipinski definition) is 2. The second kappa shape index (κ2) is 5.65. The predicted octanol–water partition coefficient (Wildman–Crippen LogP) is 1.94. The maximum Gasteiger partial charge on any atom is 0.227 e. The number of likely N-dealkylation sites (tertiary alicyclic amines) is 1. The zero-order chi connectivity index (χ0) is 12.3. The minimum absolute atomic E-state index is 0.191. The lowest BCUT2D eigenvalue weighted by atomic mass is 10.1. The molecule has 92 valence electrons. The summed E-state index contributed by atoms with van der Waals surface area (Å²) in [4.78, 5) is 14.1. The highest BCUT2D eigenvalue weighted by molar-refractivity contribution is 9.10. The second-order valence-corrected chi connectivity index (χ2v) is 5.34. The molecule has 0 unspecified atom stereocenters. The number of nitrogens with two attached hydrogens (primary N) is 1. The lowest BCUT2D eigenvalue weighted by molar-refractivity contribution is -0.131. The number of carbonyl (C=O) groups is 1. The Kier molecular flexibility index (Phi) is 4.18.